The number of rotatable bonds is 2. The lowest BCUT2D eigenvalue weighted by atomic mass is 10.6. The monoisotopic (exact) mass is 154 g/mol. The first kappa shape index (κ1) is 8.62. The average Bonchev–Trinajstić information content (AvgIpc) is 1.63. The minimum absolute atomic E-state index is 0.166. The molecular weight excluding hydrogens is 149 g/mol. The number of thioether (sulfide) groups is 1. The number of halogens is 3. The van der Waals surface area contributed by atoms with Gasteiger partial charge in [0.1, 0.15) is 0 Å². The van der Waals surface area contributed by atoms with E-state index in [0.717, 1.165) is 17.2 Å². The van der Waals surface area contributed by atoms with E-state index in [0.29, 0.717) is 0 Å². The fourth-order valence-electron chi connectivity index (χ4n) is 0.172. The van der Waals surface area contributed by atoms with Crippen LogP contribution in [0, 0.1) is 0 Å². The van der Waals surface area contributed by atoms with E-state index in [4.69, 9.17) is 0 Å². The van der Waals surface area contributed by atoms with E-state index in [1.54, 1.807) is 0 Å². The fraction of sp³-hybridized carbons (Fsp3) is 0.200. The van der Waals surface area contributed by atoms with Gasteiger partial charge in [-0.25, -0.2) is 0 Å². The molecule has 0 bridgehead atoms. The van der Waals surface area contributed by atoms with Crippen molar-refractivity contribution < 1.29 is 13.2 Å². The zero-order chi connectivity index (χ0) is 7.33. The molecule has 0 unspecified atom stereocenters. The lowest BCUT2D eigenvalue weighted by molar-refractivity contribution is -0.0796. The first-order valence-corrected chi connectivity index (χ1v) is 3.01. The van der Waals surface area contributed by atoms with Crippen molar-refractivity contribution >= 4 is 11.8 Å². The normalized spacial score (nSPS) is 12.3. The van der Waals surface area contributed by atoms with E-state index in [2.05, 4.69) is 6.58 Å². The first-order valence-electron chi connectivity index (χ1n) is 2.07. The smallest absolute Gasteiger partial charge is 0.167 e. The Morgan fingerprint density at radius 3 is 2.22 bits per heavy atom. The third-order valence-corrected chi connectivity index (χ3v) is 0.917. The van der Waals surface area contributed by atoms with Crippen LogP contribution in [0.15, 0.2) is 23.5 Å². The van der Waals surface area contributed by atoms with Crippen LogP contribution in [0.1, 0.15) is 0 Å². The maximum Gasteiger partial charge on any atom is 0.410 e. The van der Waals surface area contributed by atoms with Crippen molar-refractivity contribution in [3.05, 3.63) is 23.5 Å². The van der Waals surface area contributed by atoms with Crippen molar-refractivity contribution in [3.8, 4) is 0 Å². The summed E-state index contributed by atoms with van der Waals surface area (Å²) in [6.07, 6.45) is -4.03. The van der Waals surface area contributed by atoms with Crippen LogP contribution in [0.5, 0.6) is 0 Å². The quantitative estimate of drug-likeness (QED) is 0.589. The molecule has 0 aromatic carbocycles. The Bertz CT molecular complexity index is 114. The standard InChI is InChI=1S/C5H5F3S/c1-2-9-4-3-5(6,7)8/h2-4H,1H2/b4-3+. The number of allylic oxidation sites excluding steroid dienone is 1. The Hall–Kier alpha value is -0.380. The predicted octanol–water partition coefficient (Wildman–Crippen LogP) is 2.94. The molecule has 0 saturated heterocycles. The van der Waals surface area contributed by atoms with Crippen molar-refractivity contribution in [1.29, 1.82) is 0 Å². The van der Waals surface area contributed by atoms with Crippen molar-refractivity contribution in [2.24, 2.45) is 0 Å². The number of alkyl halides is 3. The van der Waals surface area contributed by atoms with E-state index >= 15 is 0 Å². The molecule has 0 aliphatic heterocycles. The minimum Gasteiger partial charge on any atom is -0.167 e. The molecule has 0 heterocycles. The van der Waals surface area contributed by atoms with Crippen molar-refractivity contribution in [3.63, 3.8) is 0 Å². The highest BCUT2D eigenvalue weighted by Crippen LogP contribution is 2.18. The van der Waals surface area contributed by atoms with Gasteiger partial charge in [0.15, 0.2) is 0 Å². The summed E-state index contributed by atoms with van der Waals surface area (Å²) in [5.74, 6) is 0. The number of hydrogen-bond donors (Lipinski definition) is 0. The molecule has 0 saturated carbocycles. The highest BCUT2D eigenvalue weighted by molar-refractivity contribution is 8.04. The summed E-state index contributed by atoms with van der Waals surface area (Å²) in [5, 5.41) is 2.26. The second-order valence-corrected chi connectivity index (χ2v) is 2.02. The predicted molar refractivity (Wildman–Crippen MR) is 33.0 cm³/mol. The van der Waals surface area contributed by atoms with Gasteiger partial charge in [-0.15, -0.1) is 11.8 Å². The molecule has 0 rings (SSSR count). The maximum atomic E-state index is 11.2. The van der Waals surface area contributed by atoms with Crippen LogP contribution in [0.4, 0.5) is 13.2 Å². The summed E-state index contributed by atoms with van der Waals surface area (Å²) in [6.45, 7) is 3.22. The molecule has 0 amide bonds. The summed E-state index contributed by atoms with van der Waals surface area (Å²) in [6, 6.07) is 0. The Morgan fingerprint density at radius 2 is 1.89 bits per heavy atom. The van der Waals surface area contributed by atoms with Crippen LogP contribution in [0.25, 0.3) is 0 Å². The van der Waals surface area contributed by atoms with E-state index in [1.807, 2.05) is 0 Å². The van der Waals surface area contributed by atoms with E-state index in [-0.39, 0.29) is 6.08 Å². The second kappa shape index (κ2) is 3.61. The van der Waals surface area contributed by atoms with Gasteiger partial charge in [0, 0.05) is 6.08 Å². The van der Waals surface area contributed by atoms with Crippen LogP contribution in [-0.2, 0) is 0 Å². The summed E-state index contributed by atoms with van der Waals surface area (Å²) in [4.78, 5) is 0. The topological polar surface area (TPSA) is 0 Å². The molecule has 0 aliphatic carbocycles. The third kappa shape index (κ3) is 7.62. The zero-order valence-electron chi connectivity index (χ0n) is 4.48. The van der Waals surface area contributed by atoms with E-state index in [9.17, 15) is 13.2 Å². The Morgan fingerprint density at radius 1 is 1.33 bits per heavy atom. The minimum atomic E-state index is -4.20. The molecule has 52 valence electrons. The van der Waals surface area contributed by atoms with Crippen molar-refractivity contribution in [2.75, 3.05) is 0 Å². The number of hydrogen-bond acceptors (Lipinski definition) is 1. The Kier molecular flexibility index (Phi) is 3.46. The highest BCUT2D eigenvalue weighted by Gasteiger charge is 2.21. The molecule has 9 heavy (non-hydrogen) atoms. The van der Waals surface area contributed by atoms with Gasteiger partial charge < -0.3 is 0 Å². The second-order valence-electron chi connectivity index (χ2n) is 1.15. The maximum absolute atomic E-state index is 11.2. The zero-order valence-corrected chi connectivity index (χ0v) is 5.30. The van der Waals surface area contributed by atoms with Crippen molar-refractivity contribution in [2.45, 2.75) is 6.18 Å². The molecule has 0 aromatic rings. The summed E-state index contributed by atoms with van der Waals surface area (Å²) in [5.41, 5.74) is 0. The van der Waals surface area contributed by atoms with Crippen LogP contribution < -0.4 is 0 Å². The van der Waals surface area contributed by atoms with Gasteiger partial charge in [-0.05, 0) is 10.8 Å². The molecule has 0 nitrogen and oxygen atoms in total. The average molecular weight is 154 g/mol. The van der Waals surface area contributed by atoms with Crippen molar-refractivity contribution in [1.82, 2.24) is 0 Å². The molecule has 0 fully saturated rings. The van der Waals surface area contributed by atoms with Crippen LogP contribution in [0.3, 0.4) is 0 Å². The fourth-order valence-corrected chi connectivity index (χ4v) is 0.516. The van der Waals surface area contributed by atoms with Crippen LogP contribution in [-0.4, -0.2) is 6.18 Å². The Labute approximate surface area is 55.4 Å². The largest absolute Gasteiger partial charge is 0.410 e. The summed E-state index contributed by atoms with van der Waals surface area (Å²) < 4.78 is 33.7. The molecular formula is C5H5F3S. The van der Waals surface area contributed by atoms with Gasteiger partial charge >= 0.3 is 6.18 Å². The molecule has 0 spiro atoms. The third-order valence-electron chi connectivity index (χ3n) is 0.432. The molecule has 0 N–H and O–H groups in total. The molecule has 0 aliphatic rings. The summed E-state index contributed by atoms with van der Waals surface area (Å²) >= 11 is 0.898. The first-order chi connectivity index (χ1) is 4.06. The van der Waals surface area contributed by atoms with Crippen LogP contribution in [0.2, 0.25) is 0 Å². The van der Waals surface area contributed by atoms with Gasteiger partial charge in [0.05, 0.1) is 0 Å². The van der Waals surface area contributed by atoms with Gasteiger partial charge in [-0.2, -0.15) is 13.2 Å². The lowest BCUT2D eigenvalue weighted by Crippen LogP contribution is -1.99. The lowest BCUT2D eigenvalue weighted by Gasteiger charge is -1.94. The highest BCUT2D eigenvalue weighted by atomic mass is 32.2. The molecule has 0 atom stereocenters. The van der Waals surface area contributed by atoms with E-state index in [1.165, 1.54) is 5.41 Å². The molecule has 4 heteroatoms. The van der Waals surface area contributed by atoms with Gasteiger partial charge in [0.25, 0.3) is 0 Å². The van der Waals surface area contributed by atoms with Gasteiger partial charge in [-0.3, -0.25) is 0 Å². The van der Waals surface area contributed by atoms with Gasteiger partial charge in [-0.1, -0.05) is 6.58 Å². The molecule has 0 aromatic heterocycles. The van der Waals surface area contributed by atoms with Gasteiger partial charge in [0.2, 0.25) is 0 Å². The summed E-state index contributed by atoms with van der Waals surface area (Å²) in [7, 11) is 0. The Balaban J connectivity index is 3.57. The SMILES string of the molecule is C=CS/C=C/C(F)(F)F. The van der Waals surface area contributed by atoms with Crippen LogP contribution >= 0.6 is 11.8 Å². The van der Waals surface area contributed by atoms with E-state index < -0.39 is 6.18 Å². The molecule has 0 radical (unpaired) electrons.